The molecule has 0 amide bonds. The topological polar surface area (TPSA) is 32.3 Å². The summed E-state index contributed by atoms with van der Waals surface area (Å²) in [5, 5.41) is 13.2. The van der Waals surface area contributed by atoms with Gasteiger partial charge in [-0.1, -0.05) is 29.8 Å². The highest BCUT2D eigenvalue weighted by Crippen LogP contribution is 2.27. The number of hydrogen-bond donors (Lipinski definition) is 2. The fraction of sp³-hybridized carbons (Fsp3) is 0.294. The molecule has 2 nitrogen and oxygen atoms in total. The number of nitrogens with one attached hydrogen (secondary N) is 1. The maximum atomic E-state index is 9.81. The first-order valence-electron chi connectivity index (χ1n) is 6.67. The summed E-state index contributed by atoms with van der Waals surface area (Å²) in [4.78, 5) is 1.23. The van der Waals surface area contributed by atoms with Crippen LogP contribution in [0.15, 0.2) is 53.4 Å². The van der Waals surface area contributed by atoms with Gasteiger partial charge in [0.25, 0.3) is 0 Å². The lowest BCUT2D eigenvalue weighted by molar-refractivity contribution is 0.224. The summed E-state index contributed by atoms with van der Waals surface area (Å²) >= 11 is 1.72. The van der Waals surface area contributed by atoms with Crippen molar-refractivity contribution in [3.8, 4) is 0 Å². The standard InChI is InChI=1S/C17H21NOS/c1-13-4-8-15(9-5-13)18-17(2,12-19)14-6-10-16(20-3)11-7-14/h4-11,18-19H,12H2,1-3H3. The monoisotopic (exact) mass is 287 g/mol. The van der Waals surface area contributed by atoms with Crippen LogP contribution in [0.3, 0.4) is 0 Å². The van der Waals surface area contributed by atoms with E-state index >= 15 is 0 Å². The first-order chi connectivity index (χ1) is 9.57. The maximum Gasteiger partial charge on any atom is 0.0828 e. The molecule has 0 radical (unpaired) electrons. The van der Waals surface area contributed by atoms with E-state index < -0.39 is 5.54 Å². The number of aliphatic hydroxyl groups excluding tert-OH is 1. The highest BCUT2D eigenvalue weighted by molar-refractivity contribution is 7.98. The molecule has 0 aliphatic rings. The molecule has 2 N–H and O–H groups in total. The number of aryl methyl sites for hydroxylation is 1. The van der Waals surface area contributed by atoms with E-state index in [9.17, 15) is 5.11 Å². The summed E-state index contributed by atoms with van der Waals surface area (Å²) in [6.07, 6.45) is 2.06. The van der Waals surface area contributed by atoms with E-state index in [0.717, 1.165) is 11.3 Å². The summed E-state index contributed by atoms with van der Waals surface area (Å²) in [6.45, 7) is 4.12. The quantitative estimate of drug-likeness (QED) is 0.814. The van der Waals surface area contributed by atoms with Crippen LogP contribution in [0.25, 0.3) is 0 Å². The molecule has 106 valence electrons. The van der Waals surface area contributed by atoms with Gasteiger partial charge >= 0.3 is 0 Å². The van der Waals surface area contributed by atoms with Gasteiger partial charge in [-0.3, -0.25) is 0 Å². The fourth-order valence-electron chi connectivity index (χ4n) is 2.12. The smallest absolute Gasteiger partial charge is 0.0828 e. The van der Waals surface area contributed by atoms with Gasteiger partial charge in [0.1, 0.15) is 0 Å². The second-order valence-corrected chi connectivity index (χ2v) is 6.09. The van der Waals surface area contributed by atoms with E-state index in [0.29, 0.717) is 0 Å². The van der Waals surface area contributed by atoms with Gasteiger partial charge in [-0.2, -0.15) is 0 Å². The molecule has 2 rings (SSSR count). The van der Waals surface area contributed by atoms with Crippen LogP contribution in [-0.4, -0.2) is 18.0 Å². The van der Waals surface area contributed by atoms with Crippen LogP contribution in [0.4, 0.5) is 5.69 Å². The molecule has 0 aliphatic heterocycles. The summed E-state index contributed by atoms with van der Waals surface area (Å²) in [5.74, 6) is 0. The molecule has 2 aromatic rings. The van der Waals surface area contributed by atoms with Crippen molar-refractivity contribution in [2.75, 3.05) is 18.2 Å². The Bertz CT molecular complexity index is 550. The zero-order valence-corrected chi connectivity index (χ0v) is 13.0. The number of aliphatic hydroxyl groups is 1. The van der Waals surface area contributed by atoms with Gasteiger partial charge in [0, 0.05) is 10.6 Å². The molecule has 0 aromatic heterocycles. The Hall–Kier alpha value is -1.45. The number of thioether (sulfide) groups is 1. The number of benzene rings is 2. The lowest BCUT2D eigenvalue weighted by Crippen LogP contribution is -2.35. The number of rotatable bonds is 5. The Morgan fingerprint density at radius 1 is 1.05 bits per heavy atom. The van der Waals surface area contributed by atoms with Crippen LogP contribution >= 0.6 is 11.8 Å². The molecular formula is C17H21NOS. The summed E-state index contributed by atoms with van der Waals surface area (Å²) < 4.78 is 0. The van der Waals surface area contributed by atoms with E-state index in [1.54, 1.807) is 11.8 Å². The minimum Gasteiger partial charge on any atom is -0.394 e. The fourth-order valence-corrected chi connectivity index (χ4v) is 2.53. The predicted molar refractivity (Wildman–Crippen MR) is 87.5 cm³/mol. The number of anilines is 1. The van der Waals surface area contributed by atoms with Crippen molar-refractivity contribution in [3.05, 3.63) is 59.7 Å². The Labute approximate surface area is 125 Å². The maximum absolute atomic E-state index is 9.81. The molecular weight excluding hydrogens is 266 g/mol. The lowest BCUT2D eigenvalue weighted by atomic mass is 9.92. The molecule has 0 heterocycles. The lowest BCUT2D eigenvalue weighted by Gasteiger charge is -2.30. The summed E-state index contributed by atoms with van der Waals surface area (Å²) in [7, 11) is 0. The van der Waals surface area contributed by atoms with Gasteiger partial charge < -0.3 is 10.4 Å². The van der Waals surface area contributed by atoms with E-state index in [-0.39, 0.29) is 6.61 Å². The van der Waals surface area contributed by atoms with Crippen LogP contribution in [-0.2, 0) is 5.54 Å². The molecule has 0 fully saturated rings. The zero-order valence-electron chi connectivity index (χ0n) is 12.2. The van der Waals surface area contributed by atoms with Gasteiger partial charge in [-0.05, 0) is 49.9 Å². The molecule has 0 saturated heterocycles. The van der Waals surface area contributed by atoms with Crippen molar-refractivity contribution in [1.29, 1.82) is 0 Å². The van der Waals surface area contributed by atoms with Crippen molar-refractivity contribution < 1.29 is 5.11 Å². The Kier molecular flexibility index (Phi) is 4.73. The first-order valence-corrected chi connectivity index (χ1v) is 7.90. The molecule has 0 saturated carbocycles. The zero-order chi connectivity index (χ0) is 14.6. The third-order valence-electron chi connectivity index (χ3n) is 3.52. The van der Waals surface area contributed by atoms with Gasteiger partial charge in [0.15, 0.2) is 0 Å². The summed E-state index contributed by atoms with van der Waals surface area (Å²) in [6, 6.07) is 16.5. The molecule has 2 aromatic carbocycles. The van der Waals surface area contributed by atoms with Crippen LogP contribution in [0.2, 0.25) is 0 Å². The minimum atomic E-state index is -0.480. The molecule has 3 heteroatoms. The highest BCUT2D eigenvalue weighted by atomic mass is 32.2. The van der Waals surface area contributed by atoms with Crippen LogP contribution in [0.5, 0.6) is 0 Å². The average molecular weight is 287 g/mol. The highest BCUT2D eigenvalue weighted by Gasteiger charge is 2.25. The van der Waals surface area contributed by atoms with Crippen molar-refractivity contribution in [2.24, 2.45) is 0 Å². The first kappa shape index (κ1) is 14.9. The van der Waals surface area contributed by atoms with Gasteiger partial charge in [0.05, 0.1) is 12.1 Å². The third kappa shape index (κ3) is 3.35. The van der Waals surface area contributed by atoms with Gasteiger partial charge in [0.2, 0.25) is 0 Å². The van der Waals surface area contributed by atoms with Crippen LogP contribution in [0.1, 0.15) is 18.1 Å². The van der Waals surface area contributed by atoms with Gasteiger partial charge in [-0.15, -0.1) is 11.8 Å². The second-order valence-electron chi connectivity index (χ2n) is 5.21. The Balaban J connectivity index is 2.25. The minimum absolute atomic E-state index is 0.0412. The number of hydrogen-bond acceptors (Lipinski definition) is 3. The Morgan fingerprint density at radius 3 is 2.15 bits per heavy atom. The van der Waals surface area contributed by atoms with Crippen molar-refractivity contribution in [1.82, 2.24) is 0 Å². The normalized spacial score (nSPS) is 13.8. The van der Waals surface area contributed by atoms with Crippen molar-refractivity contribution in [2.45, 2.75) is 24.3 Å². The summed E-state index contributed by atoms with van der Waals surface area (Å²) in [5.41, 5.74) is 2.84. The predicted octanol–water partition coefficient (Wildman–Crippen LogP) is 4.04. The molecule has 20 heavy (non-hydrogen) atoms. The van der Waals surface area contributed by atoms with E-state index in [4.69, 9.17) is 0 Å². The van der Waals surface area contributed by atoms with Gasteiger partial charge in [-0.25, -0.2) is 0 Å². The second kappa shape index (κ2) is 6.33. The SMILES string of the molecule is CSc1ccc(C(C)(CO)Nc2ccc(C)cc2)cc1. The molecule has 1 unspecified atom stereocenters. The van der Waals surface area contributed by atoms with Crippen molar-refractivity contribution in [3.63, 3.8) is 0 Å². The van der Waals surface area contributed by atoms with Crippen molar-refractivity contribution >= 4 is 17.4 Å². The van der Waals surface area contributed by atoms with Crippen LogP contribution in [0, 0.1) is 6.92 Å². The molecule has 0 aliphatic carbocycles. The molecule has 1 atom stereocenters. The van der Waals surface area contributed by atoms with E-state index in [1.807, 2.05) is 19.1 Å². The largest absolute Gasteiger partial charge is 0.394 e. The van der Waals surface area contributed by atoms with E-state index in [2.05, 4.69) is 54.9 Å². The molecule has 0 bridgehead atoms. The average Bonchev–Trinajstić information content (AvgIpc) is 2.49. The van der Waals surface area contributed by atoms with E-state index in [1.165, 1.54) is 10.5 Å². The van der Waals surface area contributed by atoms with Crippen LogP contribution < -0.4 is 5.32 Å². The molecule has 0 spiro atoms. The Morgan fingerprint density at radius 2 is 1.65 bits per heavy atom. The third-order valence-corrected chi connectivity index (χ3v) is 4.26.